The van der Waals surface area contributed by atoms with Crippen LogP contribution in [0.25, 0.3) is 0 Å². The van der Waals surface area contributed by atoms with Crippen LogP contribution in [0.4, 0.5) is 0 Å². The van der Waals surface area contributed by atoms with Crippen molar-refractivity contribution in [2.24, 2.45) is 11.3 Å². The molecule has 2 aliphatic rings. The molecule has 0 heterocycles. The molecule has 2 aliphatic carbocycles. The van der Waals surface area contributed by atoms with Crippen molar-refractivity contribution in [1.29, 1.82) is 0 Å². The predicted molar refractivity (Wildman–Crippen MR) is 55.9 cm³/mol. The van der Waals surface area contributed by atoms with Crippen LogP contribution in [0.1, 0.15) is 32.6 Å². The summed E-state index contributed by atoms with van der Waals surface area (Å²) in [5, 5.41) is 6.01. The van der Waals surface area contributed by atoms with Gasteiger partial charge in [0.05, 0.1) is 6.04 Å². The van der Waals surface area contributed by atoms with Crippen molar-refractivity contribution >= 4 is 5.91 Å². The number of carbonyl (C=O) groups is 1. The van der Waals surface area contributed by atoms with E-state index < -0.39 is 0 Å². The summed E-state index contributed by atoms with van der Waals surface area (Å²) in [5.41, 5.74) is 0.517. The summed E-state index contributed by atoms with van der Waals surface area (Å²) in [6.07, 6.45) is 5.42. The average molecular weight is 196 g/mol. The molecule has 0 aromatic heterocycles. The first-order valence-corrected chi connectivity index (χ1v) is 5.63. The van der Waals surface area contributed by atoms with Crippen LogP contribution in [0.2, 0.25) is 0 Å². The van der Waals surface area contributed by atoms with E-state index in [-0.39, 0.29) is 11.9 Å². The van der Waals surface area contributed by atoms with Crippen molar-refractivity contribution in [3.05, 3.63) is 0 Å². The molecule has 2 N–H and O–H groups in total. The quantitative estimate of drug-likeness (QED) is 0.686. The summed E-state index contributed by atoms with van der Waals surface area (Å²) < 4.78 is 0. The van der Waals surface area contributed by atoms with Crippen LogP contribution < -0.4 is 10.6 Å². The Morgan fingerprint density at radius 3 is 2.57 bits per heavy atom. The van der Waals surface area contributed by atoms with Gasteiger partial charge in [-0.15, -0.1) is 0 Å². The van der Waals surface area contributed by atoms with Crippen LogP contribution in [0.3, 0.4) is 0 Å². The lowest BCUT2D eigenvalue weighted by molar-refractivity contribution is -0.122. The second-order valence-electron chi connectivity index (χ2n) is 4.86. The number of hydrogen-bond acceptors (Lipinski definition) is 2. The van der Waals surface area contributed by atoms with Crippen LogP contribution in [-0.4, -0.2) is 25.5 Å². The maximum Gasteiger partial charge on any atom is 0.236 e. The van der Waals surface area contributed by atoms with Gasteiger partial charge in [-0.3, -0.25) is 4.79 Å². The van der Waals surface area contributed by atoms with Crippen LogP contribution in [0.5, 0.6) is 0 Å². The molecule has 2 rings (SSSR count). The molecular weight excluding hydrogens is 176 g/mol. The molecule has 2 saturated carbocycles. The molecule has 1 amide bonds. The fourth-order valence-corrected chi connectivity index (χ4v) is 2.13. The second kappa shape index (κ2) is 3.54. The number of likely N-dealkylation sites (N-methyl/N-ethyl adjacent to an activating group) is 1. The molecule has 0 aromatic rings. The van der Waals surface area contributed by atoms with E-state index in [1.54, 1.807) is 0 Å². The van der Waals surface area contributed by atoms with E-state index in [1.807, 2.05) is 14.0 Å². The van der Waals surface area contributed by atoms with Gasteiger partial charge < -0.3 is 10.6 Å². The fourth-order valence-electron chi connectivity index (χ4n) is 2.13. The molecule has 3 nitrogen and oxygen atoms in total. The Bertz CT molecular complexity index is 231. The second-order valence-corrected chi connectivity index (χ2v) is 4.86. The molecule has 0 aromatic carbocycles. The predicted octanol–water partition coefficient (Wildman–Crippen LogP) is 0.901. The van der Waals surface area contributed by atoms with Crippen molar-refractivity contribution in [2.75, 3.05) is 13.6 Å². The van der Waals surface area contributed by atoms with Crippen molar-refractivity contribution in [2.45, 2.75) is 38.6 Å². The normalized spacial score (nSPS) is 25.6. The lowest BCUT2D eigenvalue weighted by Crippen LogP contribution is -2.42. The Kier molecular flexibility index (Phi) is 2.52. The van der Waals surface area contributed by atoms with Crippen molar-refractivity contribution < 1.29 is 4.79 Å². The number of nitrogens with one attached hydrogen (secondary N) is 2. The molecule has 1 unspecified atom stereocenters. The zero-order chi connectivity index (χ0) is 10.2. The SMILES string of the molecule is CNC(C)C(=O)NCC1(C2CC2)CC1. The maximum atomic E-state index is 11.5. The van der Waals surface area contributed by atoms with E-state index in [9.17, 15) is 4.79 Å². The molecule has 1 atom stereocenters. The third-order valence-electron chi connectivity index (χ3n) is 3.78. The highest BCUT2D eigenvalue weighted by atomic mass is 16.2. The molecule has 0 bridgehead atoms. The summed E-state index contributed by atoms with van der Waals surface area (Å²) in [6.45, 7) is 2.80. The highest BCUT2D eigenvalue weighted by Gasteiger charge is 2.53. The summed E-state index contributed by atoms with van der Waals surface area (Å²) in [5.74, 6) is 1.06. The number of hydrogen-bond donors (Lipinski definition) is 2. The molecule has 3 heteroatoms. The van der Waals surface area contributed by atoms with E-state index in [4.69, 9.17) is 0 Å². The first-order valence-electron chi connectivity index (χ1n) is 5.63. The molecule has 0 radical (unpaired) electrons. The van der Waals surface area contributed by atoms with Gasteiger partial charge in [-0.25, -0.2) is 0 Å². The van der Waals surface area contributed by atoms with Crippen molar-refractivity contribution in [1.82, 2.24) is 10.6 Å². The van der Waals surface area contributed by atoms with Gasteiger partial charge >= 0.3 is 0 Å². The fraction of sp³-hybridized carbons (Fsp3) is 0.909. The highest BCUT2D eigenvalue weighted by molar-refractivity contribution is 5.81. The molecule has 0 spiro atoms. The van der Waals surface area contributed by atoms with Gasteiger partial charge in [0.25, 0.3) is 0 Å². The number of amides is 1. The van der Waals surface area contributed by atoms with Gasteiger partial charge in [0.1, 0.15) is 0 Å². The molecule has 2 fully saturated rings. The first kappa shape index (κ1) is 9.97. The standard InChI is InChI=1S/C11H20N2O/c1-8(12-2)10(14)13-7-11(5-6-11)9-3-4-9/h8-9,12H,3-7H2,1-2H3,(H,13,14). The molecule has 0 aliphatic heterocycles. The largest absolute Gasteiger partial charge is 0.354 e. The zero-order valence-corrected chi connectivity index (χ0v) is 9.10. The van der Waals surface area contributed by atoms with Crippen molar-refractivity contribution in [3.63, 3.8) is 0 Å². The molecule has 14 heavy (non-hydrogen) atoms. The lowest BCUT2D eigenvalue weighted by Gasteiger charge is -2.17. The van der Waals surface area contributed by atoms with Gasteiger partial charge in [0, 0.05) is 6.54 Å². The topological polar surface area (TPSA) is 41.1 Å². The van der Waals surface area contributed by atoms with Crippen molar-refractivity contribution in [3.8, 4) is 0 Å². The van der Waals surface area contributed by atoms with Crippen LogP contribution >= 0.6 is 0 Å². The van der Waals surface area contributed by atoms with E-state index in [1.165, 1.54) is 25.7 Å². The third-order valence-corrected chi connectivity index (χ3v) is 3.78. The van der Waals surface area contributed by atoms with E-state index in [0.717, 1.165) is 12.5 Å². The maximum absolute atomic E-state index is 11.5. The average Bonchev–Trinajstić information content (AvgIpc) is 3.03. The summed E-state index contributed by atoms with van der Waals surface area (Å²) in [6, 6.07) is -0.0648. The third kappa shape index (κ3) is 1.92. The van der Waals surface area contributed by atoms with Gasteiger partial charge in [-0.2, -0.15) is 0 Å². The summed E-state index contributed by atoms with van der Waals surface area (Å²) in [7, 11) is 1.82. The number of rotatable bonds is 5. The lowest BCUT2D eigenvalue weighted by atomic mass is 10.0. The Morgan fingerprint density at radius 2 is 2.14 bits per heavy atom. The summed E-state index contributed by atoms with van der Waals surface area (Å²) in [4.78, 5) is 11.5. The Labute approximate surface area is 85.6 Å². The van der Waals surface area contributed by atoms with E-state index in [2.05, 4.69) is 10.6 Å². The van der Waals surface area contributed by atoms with E-state index >= 15 is 0 Å². The molecule has 80 valence electrons. The minimum absolute atomic E-state index is 0.0648. The smallest absolute Gasteiger partial charge is 0.236 e. The Morgan fingerprint density at radius 1 is 1.50 bits per heavy atom. The minimum Gasteiger partial charge on any atom is -0.354 e. The molecular formula is C11H20N2O. The Hall–Kier alpha value is -0.570. The van der Waals surface area contributed by atoms with Gasteiger partial charge in [0.2, 0.25) is 5.91 Å². The van der Waals surface area contributed by atoms with Crippen LogP contribution in [-0.2, 0) is 4.79 Å². The number of carbonyl (C=O) groups excluding carboxylic acids is 1. The first-order chi connectivity index (χ1) is 6.68. The molecule has 0 saturated heterocycles. The minimum atomic E-state index is -0.0648. The van der Waals surface area contributed by atoms with E-state index in [0.29, 0.717) is 5.41 Å². The van der Waals surface area contributed by atoms with Gasteiger partial charge in [-0.05, 0) is 51.0 Å². The van der Waals surface area contributed by atoms with Crippen LogP contribution in [0.15, 0.2) is 0 Å². The Balaban J connectivity index is 1.74. The zero-order valence-electron chi connectivity index (χ0n) is 9.10. The summed E-state index contributed by atoms with van der Waals surface area (Å²) >= 11 is 0. The monoisotopic (exact) mass is 196 g/mol. The van der Waals surface area contributed by atoms with Gasteiger partial charge in [-0.1, -0.05) is 0 Å². The van der Waals surface area contributed by atoms with Gasteiger partial charge in [0.15, 0.2) is 0 Å². The highest BCUT2D eigenvalue weighted by Crippen LogP contribution is 2.60. The van der Waals surface area contributed by atoms with Crippen LogP contribution in [0, 0.1) is 11.3 Å².